The number of amides is 1. The number of oxime groups is 1. The Hall–Kier alpha value is -1.88. The summed E-state index contributed by atoms with van der Waals surface area (Å²) in [6.45, 7) is 4.18. The number of nitrogens with zero attached hydrogens (tertiary/aromatic N) is 1. The monoisotopic (exact) mass is 263 g/mol. The fraction of sp³-hybridized carbons (Fsp3) is 0.429. The topological polar surface area (TPSA) is 87.7 Å². The number of nitrogens with one attached hydrogen (secondary N) is 1. The lowest BCUT2D eigenvalue weighted by Gasteiger charge is -2.14. The Labute approximate surface area is 113 Å². The molecule has 1 atom stereocenters. The van der Waals surface area contributed by atoms with Crippen LogP contribution in [0.4, 0.5) is 0 Å². The third-order valence-corrected chi connectivity index (χ3v) is 2.72. The van der Waals surface area contributed by atoms with E-state index in [0.29, 0.717) is 18.1 Å². The molecule has 0 spiro atoms. The summed E-state index contributed by atoms with van der Waals surface area (Å²) in [5, 5.41) is 14.9. The van der Waals surface area contributed by atoms with Crippen LogP contribution in [0.25, 0.3) is 0 Å². The van der Waals surface area contributed by atoms with E-state index in [9.17, 15) is 4.79 Å². The predicted molar refractivity (Wildman–Crippen MR) is 75.2 cm³/mol. The molecular formula is C14H21N3O2. The first-order valence-electron chi connectivity index (χ1n) is 6.34. The zero-order valence-electron chi connectivity index (χ0n) is 11.3. The molecule has 104 valence electrons. The van der Waals surface area contributed by atoms with Gasteiger partial charge >= 0.3 is 0 Å². The molecule has 19 heavy (non-hydrogen) atoms. The first-order chi connectivity index (χ1) is 9.04. The van der Waals surface area contributed by atoms with Gasteiger partial charge in [-0.1, -0.05) is 49.3 Å². The number of benzene rings is 1. The van der Waals surface area contributed by atoms with Gasteiger partial charge in [0.15, 0.2) is 0 Å². The molecule has 0 saturated carbocycles. The fourth-order valence-electron chi connectivity index (χ4n) is 1.74. The van der Waals surface area contributed by atoms with Gasteiger partial charge in [0.25, 0.3) is 0 Å². The summed E-state index contributed by atoms with van der Waals surface area (Å²) in [6.07, 6.45) is 0.628. The number of rotatable bonds is 6. The van der Waals surface area contributed by atoms with Gasteiger partial charge < -0.3 is 16.3 Å². The molecule has 0 aliphatic heterocycles. The summed E-state index contributed by atoms with van der Waals surface area (Å²) in [7, 11) is 0. The molecule has 1 aromatic carbocycles. The van der Waals surface area contributed by atoms with Crippen LogP contribution in [0.3, 0.4) is 0 Å². The van der Waals surface area contributed by atoms with E-state index in [4.69, 9.17) is 10.9 Å². The molecule has 5 nitrogen and oxygen atoms in total. The van der Waals surface area contributed by atoms with Crippen molar-refractivity contribution in [3.05, 3.63) is 35.9 Å². The summed E-state index contributed by atoms with van der Waals surface area (Å²) in [4.78, 5) is 11.8. The Kier molecular flexibility index (Phi) is 6.02. The van der Waals surface area contributed by atoms with Gasteiger partial charge in [-0.25, -0.2) is 0 Å². The standard InChI is InChI=1S/C14H21N3O2/c1-10(2)8-12(15)14(18)16-9-13(17-19)11-6-4-3-5-7-11/h3-7,10,12,19H,8-9,15H2,1-2H3,(H,16,18). The van der Waals surface area contributed by atoms with Gasteiger partial charge in [0.05, 0.1) is 12.6 Å². The highest BCUT2D eigenvalue weighted by Gasteiger charge is 2.15. The average Bonchev–Trinajstić information content (AvgIpc) is 2.39. The minimum atomic E-state index is -0.532. The molecule has 0 heterocycles. The molecule has 0 aromatic heterocycles. The van der Waals surface area contributed by atoms with E-state index in [-0.39, 0.29) is 12.5 Å². The minimum absolute atomic E-state index is 0.158. The predicted octanol–water partition coefficient (Wildman–Crippen LogP) is 1.35. The lowest BCUT2D eigenvalue weighted by Crippen LogP contribution is -2.43. The summed E-state index contributed by atoms with van der Waals surface area (Å²) >= 11 is 0. The van der Waals surface area contributed by atoms with Crippen LogP contribution in [-0.4, -0.2) is 29.4 Å². The zero-order valence-corrected chi connectivity index (χ0v) is 11.3. The van der Waals surface area contributed by atoms with Gasteiger partial charge in [0, 0.05) is 5.56 Å². The maximum atomic E-state index is 11.8. The van der Waals surface area contributed by atoms with Gasteiger partial charge in [-0.15, -0.1) is 0 Å². The van der Waals surface area contributed by atoms with Crippen LogP contribution in [0.1, 0.15) is 25.8 Å². The zero-order chi connectivity index (χ0) is 14.3. The van der Waals surface area contributed by atoms with Crippen molar-refractivity contribution in [2.45, 2.75) is 26.3 Å². The van der Waals surface area contributed by atoms with E-state index >= 15 is 0 Å². The normalized spacial score (nSPS) is 13.4. The summed E-state index contributed by atoms with van der Waals surface area (Å²) in [5.74, 6) is 0.131. The third-order valence-electron chi connectivity index (χ3n) is 2.72. The minimum Gasteiger partial charge on any atom is -0.411 e. The van der Waals surface area contributed by atoms with Crippen molar-refractivity contribution in [2.75, 3.05) is 6.54 Å². The molecule has 5 heteroatoms. The van der Waals surface area contributed by atoms with Crippen LogP contribution in [-0.2, 0) is 4.79 Å². The second kappa shape index (κ2) is 7.53. The molecular weight excluding hydrogens is 242 g/mol. The lowest BCUT2D eigenvalue weighted by molar-refractivity contribution is -0.122. The van der Waals surface area contributed by atoms with Crippen LogP contribution in [0.5, 0.6) is 0 Å². The molecule has 0 aliphatic carbocycles. The highest BCUT2D eigenvalue weighted by atomic mass is 16.4. The summed E-state index contributed by atoms with van der Waals surface area (Å²) < 4.78 is 0. The van der Waals surface area contributed by atoms with E-state index in [0.717, 1.165) is 5.56 Å². The van der Waals surface area contributed by atoms with Gasteiger partial charge in [-0.2, -0.15) is 0 Å². The number of carbonyl (C=O) groups is 1. The summed E-state index contributed by atoms with van der Waals surface area (Å²) in [6, 6.07) is 8.65. The van der Waals surface area contributed by atoms with Crippen LogP contribution in [0, 0.1) is 5.92 Å². The molecule has 1 amide bonds. The molecule has 0 saturated heterocycles. The molecule has 0 aliphatic rings. The first kappa shape index (κ1) is 15.2. The van der Waals surface area contributed by atoms with Crippen LogP contribution < -0.4 is 11.1 Å². The van der Waals surface area contributed by atoms with Crippen molar-refractivity contribution in [1.82, 2.24) is 5.32 Å². The Morgan fingerprint density at radius 3 is 2.53 bits per heavy atom. The van der Waals surface area contributed by atoms with Crippen molar-refractivity contribution < 1.29 is 10.0 Å². The molecule has 1 unspecified atom stereocenters. The number of hydrogen-bond acceptors (Lipinski definition) is 4. The Morgan fingerprint density at radius 2 is 2.00 bits per heavy atom. The second-order valence-corrected chi connectivity index (χ2v) is 4.87. The maximum absolute atomic E-state index is 11.8. The molecule has 4 N–H and O–H groups in total. The van der Waals surface area contributed by atoms with Crippen molar-refractivity contribution >= 4 is 11.6 Å². The van der Waals surface area contributed by atoms with E-state index < -0.39 is 6.04 Å². The first-order valence-corrected chi connectivity index (χ1v) is 6.34. The van der Waals surface area contributed by atoms with Crippen LogP contribution in [0.15, 0.2) is 35.5 Å². The SMILES string of the molecule is CC(C)CC(N)C(=O)NCC(=NO)c1ccccc1. The maximum Gasteiger partial charge on any atom is 0.237 e. The highest BCUT2D eigenvalue weighted by molar-refractivity contribution is 6.03. The Bertz CT molecular complexity index is 430. The van der Waals surface area contributed by atoms with Crippen molar-refractivity contribution in [3.63, 3.8) is 0 Å². The second-order valence-electron chi connectivity index (χ2n) is 4.87. The van der Waals surface area contributed by atoms with Crippen molar-refractivity contribution in [3.8, 4) is 0 Å². The summed E-state index contributed by atoms with van der Waals surface area (Å²) in [5.41, 5.74) is 6.94. The Morgan fingerprint density at radius 1 is 1.37 bits per heavy atom. The smallest absolute Gasteiger partial charge is 0.237 e. The van der Waals surface area contributed by atoms with Gasteiger partial charge in [0.2, 0.25) is 5.91 Å². The van der Waals surface area contributed by atoms with Crippen molar-refractivity contribution in [1.29, 1.82) is 0 Å². The Balaban J connectivity index is 2.53. The average molecular weight is 263 g/mol. The van der Waals surface area contributed by atoms with Gasteiger partial charge in [-0.3, -0.25) is 4.79 Å². The van der Waals surface area contributed by atoms with E-state index in [1.54, 1.807) is 0 Å². The highest BCUT2D eigenvalue weighted by Crippen LogP contribution is 2.03. The van der Waals surface area contributed by atoms with E-state index in [1.165, 1.54) is 0 Å². The van der Waals surface area contributed by atoms with E-state index in [2.05, 4.69) is 10.5 Å². The third kappa shape index (κ3) is 5.09. The molecule has 0 fully saturated rings. The molecule has 0 radical (unpaired) electrons. The lowest BCUT2D eigenvalue weighted by atomic mass is 10.0. The fourth-order valence-corrected chi connectivity index (χ4v) is 1.74. The number of hydrogen-bond donors (Lipinski definition) is 3. The van der Waals surface area contributed by atoms with E-state index in [1.807, 2.05) is 44.2 Å². The van der Waals surface area contributed by atoms with Crippen LogP contribution >= 0.6 is 0 Å². The molecule has 1 rings (SSSR count). The quantitative estimate of drug-likeness (QED) is 0.411. The van der Waals surface area contributed by atoms with Gasteiger partial charge in [-0.05, 0) is 12.3 Å². The van der Waals surface area contributed by atoms with Crippen molar-refractivity contribution in [2.24, 2.45) is 16.8 Å². The van der Waals surface area contributed by atoms with Crippen LogP contribution in [0.2, 0.25) is 0 Å². The largest absolute Gasteiger partial charge is 0.411 e. The molecule has 0 bridgehead atoms. The number of carbonyl (C=O) groups excluding carboxylic acids is 1. The number of nitrogens with two attached hydrogens (primary N) is 1. The molecule has 1 aromatic rings. The van der Waals surface area contributed by atoms with Gasteiger partial charge in [0.1, 0.15) is 5.71 Å².